The number of amides is 1. The molecule has 0 aliphatic heterocycles. The summed E-state index contributed by atoms with van der Waals surface area (Å²) < 4.78 is 0.750. The minimum absolute atomic E-state index is 0.0407. The maximum Gasteiger partial charge on any atom is 0.222 e. The van der Waals surface area contributed by atoms with Crippen molar-refractivity contribution in [2.75, 3.05) is 0 Å². The van der Waals surface area contributed by atoms with E-state index in [1.807, 2.05) is 12.1 Å². The van der Waals surface area contributed by atoms with Gasteiger partial charge in [-0.1, -0.05) is 24.4 Å². The summed E-state index contributed by atoms with van der Waals surface area (Å²) >= 11 is 7.31. The molecule has 2 rings (SSSR count). The molecule has 0 spiro atoms. The highest BCUT2D eigenvalue weighted by atomic mass is 35.5. The average Bonchev–Trinajstić information content (AvgIpc) is 2.85. The van der Waals surface area contributed by atoms with Crippen LogP contribution in [0.2, 0.25) is 4.34 Å². The molecule has 0 aromatic carbocycles. The summed E-state index contributed by atoms with van der Waals surface area (Å²) in [4.78, 5) is 12.8. The summed E-state index contributed by atoms with van der Waals surface area (Å²) in [7, 11) is 0. The van der Waals surface area contributed by atoms with Gasteiger partial charge in [0.1, 0.15) is 0 Å². The van der Waals surface area contributed by atoms with Crippen LogP contribution in [0, 0.1) is 0 Å². The fourth-order valence-corrected chi connectivity index (χ4v) is 3.30. The number of carbonyl (C=O) groups excluding carboxylic acids is 1. The Hall–Kier alpha value is -0.580. The molecule has 1 aliphatic carbocycles. The van der Waals surface area contributed by atoms with Crippen LogP contribution in [0.4, 0.5) is 0 Å². The lowest BCUT2D eigenvalue weighted by atomic mass is 9.94. The fourth-order valence-electron chi connectivity index (χ4n) is 2.27. The van der Waals surface area contributed by atoms with Gasteiger partial charge in [-0.2, -0.15) is 0 Å². The van der Waals surface area contributed by atoms with Crippen LogP contribution in [0.25, 0.3) is 0 Å². The summed E-state index contributed by atoms with van der Waals surface area (Å²) in [6, 6.07) is 3.77. The fraction of sp³-hybridized carbons (Fsp3) is 0.583. The lowest BCUT2D eigenvalue weighted by Crippen LogP contribution is -2.41. The molecule has 1 fully saturated rings. The van der Waals surface area contributed by atoms with Gasteiger partial charge in [-0.05, 0) is 25.0 Å². The van der Waals surface area contributed by atoms with Gasteiger partial charge in [0.2, 0.25) is 5.91 Å². The van der Waals surface area contributed by atoms with Gasteiger partial charge in [0.25, 0.3) is 0 Å². The highest BCUT2D eigenvalue weighted by Crippen LogP contribution is 2.30. The Kier molecular flexibility index (Phi) is 4.07. The van der Waals surface area contributed by atoms with Crippen LogP contribution in [-0.2, 0) is 11.3 Å². The number of halogens is 1. The molecule has 1 amide bonds. The van der Waals surface area contributed by atoms with Crippen LogP contribution >= 0.6 is 22.9 Å². The number of hydrogen-bond acceptors (Lipinski definition) is 3. The van der Waals surface area contributed by atoms with E-state index in [0.29, 0.717) is 13.0 Å². The Morgan fingerprint density at radius 1 is 1.47 bits per heavy atom. The van der Waals surface area contributed by atoms with Gasteiger partial charge >= 0.3 is 0 Å². The number of nitrogens with one attached hydrogen (secondary N) is 1. The van der Waals surface area contributed by atoms with Gasteiger partial charge in [-0.15, -0.1) is 11.3 Å². The van der Waals surface area contributed by atoms with Crippen LogP contribution in [0.3, 0.4) is 0 Å². The van der Waals surface area contributed by atoms with Crippen molar-refractivity contribution in [2.24, 2.45) is 5.73 Å². The van der Waals surface area contributed by atoms with Crippen LogP contribution in [0.15, 0.2) is 12.1 Å². The molecule has 1 heterocycles. The monoisotopic (exact) mass is 272 g/mol. The SMILES string of the molecule is NC1(CC(=O)NCc2ccc(Cl)s2)CCCC1. The summed E-state index contributed by atoms with van der Waals surface area (Å²) in [6.45, 7) is 0.548. The number of thiophene rings is 1. The lowest BCUT2D eigenvalue weighted by Gasteiger charge is -2.22. The zero-order chi connectivity index (χ0) is 12.3. The third-order valence-corrected chi connectivity index (χ3v) is 4.43. The van der Waals surface area contributed by atoms with Gasteiger partial charge in [-0.25, -0.2) is 0 Å². The molecule has 0 bridgehead atoms. The van der Waals surface area contributed by atoms with Gasteiger partial charge in [-0.3, -0.25) is 4.79 Å². The van der Waals surface area contributed by atoms with E-state index in [0.717, 1.165) is 34.9 Å². The van der Waals surface area contributed by atoms with E-state index in [1.165, 1.54) is 11.3 Å². The zero-order valence-corrected chi connectivity index (χ0v) is 11.2. The lowest BCUT2D eigenvalue weighted by molar-refractivity contribution is -0.122. The van der Waals surface area contributed by atoms with Crippen LogP contribution in [0.1, 0.15) is 37.0 Å². The highest BCUT2D eigenvalue weighted by molar-refractivity contribution is 7.16. The molecule has 0 saturated heterocycles. The molecule has 1 aliphatic rings. The number of hydrogen-bond donors (Lipinski definition) is 2. The first-order valence-corrected chi connectivity index (χ1v) is 7.07. The van der Waals surface area contributed by atoms with Crippen molar-refractivity contribution in [3.8, 4) is 0 Å². The molecular weight excluding hydrogens is 256 g/mol. The summed E-state index contributed by atoms with van der Waals surface area (Å²) in [5.74, 6) is 0.0407. The van der Waals surface area contributed by atoms with Gasteiger partial charge in [0.15, 0.2) is 0 Å². The molecule has 17 heavy (non-hydrogen) atoms. The first-order chi connectivity index (χ1) is 8.07. The maximum atomic E-state index is 11.8. The third kappa shape index (κ3) is 3.69. The third-order valence-electron chi connectivity index (χ3n) is 3.20. The van der Waals surface area contributed by atoms with Crippen molar-refractivity contribution in [3.63, 3.8) is 0 Å². The molecule has 1 saturated carbocycles. The molecule has 1 aromatic heterocycles. The predicted molar refractivity (Wildman–Crippen MR) is 71.2 cm³/mol. The van der Waals surface area contributed by atoms with Crippen molar-refractivity contribution in [1.29, 1.82) is 0 Å². The van der Waals surface area contributed by atoms with Gasteiger partial charge in [0, 0.05) is 16.8 Å². The van der Waals surface area contributed by atoms with E-state index in [1.54, 1.807) is 0 Å². The smallest absolute Gasteiger partial charge is 0.222 e. The molecule has 3 N–H and O–H groups in total. The first kappa shape index (κ1) is 12.9. The Morgan fingerprint density at radius 2 is 2.18 bits per heavy atom. The molecule has 0 atom stereocenters. The molecule has 1 aromatic rings. The van der Waals surface area contributed by atoms with Crippen LogP contribution < -0.4 is 11.1 Å². The van der Waals surface area contributed by atoms with Gasteiger partial charge in [0.05, 0.1) is 10.9 Å². The van der Waals surface area contributed by atoms with Crippen LogP contribution in [-0.4, -0.2) is 11.4 Å². The molecule has 3 nitrogen and oxygen atoms in total. The van der Waals surface area contributed by atoms with E-state index < -0.39 is 0 Å². The van der Waals surface area contributed by atoms with E-state index in [4.69, 9.17) is 17.3 Å². The summed E-state index contributed by atoms with van der Waals surface area (Å²) in [5, 5.41) is 2.90. The second-order valence-corrected chi connectivity index (χ2v) is 6.53. The normalized spacial score (nSPS) is 18.2. The van der Waals surface area contributed by atoms with E-state index in [9.17, 15) is 4.79 Å². The summed E-state index contributed by atoms with van der Waals surface area (Å²) in [5.41, 5.74) is 5.89. The van der Waals surface area contributed by atoms with E-state index in [2.05, 4.69) is 5.32 Å². The second-order valence-electron chi connectivity index (χ2n) is 4.73. The molecular formula is C12H17ClN2OS. The van der Waals surface area contributed by atoms with Crippen molar-refractivity contribution in [3.05, 3.63) is 21.3 Å². The largest absolute Gasteiger partial charge is 0.351 e. The Labute approximate surface area is 110 Å². The van der Waals surface area contributed by atoms with Crippen molar-refractivity contribution >= 4 is 28.8 Å². The van der Waals surface area contributed by atoms with E-state index in [-0.39, 0.29) is 11.4 Å². The number of nitrogens with two attached hydrogens (primary N) is 1. The molecule has 5 heteroatoms. The standard InChI is InChI=1S/C12H17ClN2OS/c13-10-4-3-9(17-10)8-15-11(16)7-12(14)5-1-2-6-12/h3-4H,1-2,5-8,14H2,(H,15,16). The van der Waals surface area contributed by atoms with Crippen molar-refractivity contribution < 1.29 is 4.79 Å². The topological polar surface area (TPSA) is 55.1 Å². The highest BCUT2D eigenvalue weighted by Gasteiger charge is 2.31. The molecule has 0 unspecified atom stereocenters. The average molecular weight is 273 g/mol. The Bertz CT molecular complexity index is 399. The Morgan fingerprint density at radius 3 is 2.76 bits per heavy atom. The first-order valence-electron chi connectivity index (χ1n) is 5.87. The Balaban J connectivity index is 1.77. The minimum atomic E-state index is -0.267. The maximum absolute atomic E-state index is 11.8. The number of carbonyl (C=O) groups is 1. The summed E-state index contributed by atoms with van der Waals surface area (Å²) in [6.07, 6.45) is 4.65. The molecule has 94 valence electrons. The second kappa shape index (κ2) is 5.38. The van der Waals surface area contributed by atoms with Crippen LogP contribution in [0.5, 0.6) is 0 Å². The number of rotatable bonds is 4. The van der Waals surface area contributed by atoms with Crippen molar-refractivity contribution in [2.45, 2.75) is 44.2 Å². The zero-order valence-electron chi connectivity index (χ0n) is 9.67. The van der Waals surface area contributed by atoms with Crippen molar-refractivity contribution in [1.82, 2.24) is 5.32 Å². The predicted octanol–water partition coefficient (Wildman–Crippen LogP) is 2.68. The quantitative estimate of drug-likeness (QED) is 0.885. The molecule has 0 radical (unpaired) electrons. The minimum Gasteiger partial charge on any atom is -0.351 e. The van der Waals surface area contributed by atoms with Gasteiger partial charge < -0.3 is 11.1 Å². The van der Waals surface area contributed by atoms with E-state index >= 15 is 0 Å².